The maximum absolute atomic E-state index is 9.95. The Kier molecular flexibility index (Phi) is 6.05. The molecule has 0 amide bonds. The fraction of sp³-hybridized carbons (Fsp3) is 0.292. The van der Waals surface area contributed by atoms with Crippen molar-refractivity contribution in [3.8, 4) is 23.1 Å². The molecule has 0 spiro atoms. The molecule has 2 heterocycles. The summed E-state index contributed by atoms with van der Waals surface area (Å²) in [4.78, 5) is 6.56. The molecule has 1 aliphatic heterocycles. The predicted molar refractivity (Wildman–Crippen MR) is 116 cm³/mol. The van der Waals surface area contributed by atoms with E-state index in [-0.39, 0.29) is 12.7 Å². The Bertz CT molecular complexity index is 991. The highest BCUT2D eigenvalue weighted by atomic mass is 16.5. The molecule has 6 heteroatoms. The molecule has 1 saturated heterocycles. The van der Waals surface area contributed by atoms with E-state index in [9.17, 15) is 5.11 Å². The zero-order valence-electron chi connectivity index (χ0n) is 17.2. The van der Waals surface area contributed by atoms with Gasteiger partial charge in [0.25, 0.3) is 0 Å². The van der Waals surface area contributed by atoms with E-state index in [4.69, 9.17) is 14.2 Å². The van der Waals surface area contributed by atoms with E-state index in [0.29, 0.717) is 23.1 Å². The lowest BCUT2D eigenvalue weighted by atomic mass is 10.1. The maximum Gasteiger partial charge on any atom is 0.213 e. The van der Waals surface area contributed by atoms with Crippen LogP contribution in [0, 0.1) is 6.92 Å². The topological polar surface area (TPSA) is 64.1 Å². The summed E-state index contributed by atoms with van der Waals surface area (Å²) >= 11 is 0. The molecule has 1 atom stereocenters. The molecule has 1 aromatic heterocycles. The number of aliphatic hydroxyl groups is 1. The number of methoxy groups -OCH3 is 1. The summed E-state index contributed by atoms with van der Waals surface area (Å²) < 4.78 is 17.4. The molecule has 0 radical (unpaired) electrons. The molecule has 1 unspecified atom stereocenters. The first kappa shape index (κ1) is 20.0. The number of hydrogen-bond donors (Lipinski definition) is 1. The van der Waals surface area contributed by atoms with Crippen LogP contribution in [0.3, 0.4) is 0 Å². The number of hydrogen-bond acceptors (Lipinski definition) is 6. The van der Waals surface area contributed by atoms with Crippen molar-refractivity contribution < 1.29 is 19.3 Å². The Labute approximate surface area is 176 Å². The minimum absolute atomic E-state index is 0.0660. The highest BCUT2D eigenvalue weighted by Gasteiger charge is 2.26. The van der Waals surface area contributed by atoms with Crippen LogP contribution in [0.1, 0.15) is 17.5 Å². The number of pyridine rings is 1. The normalized spacial score (nSPS) is 15.8. The average molecular weight is 406 g/mol. The minimum Gasteiger partial charge on any atom is -0.493 e. The second-order valence-electron chi connectivity index (χ2n) is 7.35. The quantitative estimate of drug-likeness (QED) is 0.630. The summed E-state index contributed by atoms with van der Waals surface area (Å²) in [5, 5.41) is 9.95. The number of aromatic nitrogens is 1. The Morgan fingerprint density at radius 1 is 1.10 bits per heavy atom. The molecule has 6 nitrogen and oxygen atoms in total. The Morgan fingerprint density at radius 3 is 2.67 bits per heavy atom. The lowest BCUT2D eigenvalue weighted by Gasteiger charge is -2.22. The van der Waals surface area contributed by atoms with Gasteiger partial charge in [-0.1, -0.05) is 18.2 Å². The van der Waals surface area contributed by atoms with E-state index >= 15 is 0 Å². The first-order valence-corrected chi connectivity index (χ1v) is 10.0. The molecule has 30 heavy (non-hydrogen) atoms. The average Bonchev–Trinajstić information content (AvgIpc) is 3.24. The highest BCUT2D eigenvalue weighted by Crippen LogP contribution is 2.34. The smallest absolute Gasteiger partial charge is 0.213 e. The van der Waals surface area contributed by atoms with Crippen LogP contribution in [-0.4, -0.2) is 36.4 Å². The van der Waals surface area contributed by atoms with Crippen molar-refractivity contribution in [3.05, 3.63) is 71.9 Å². The van der Waals surface area contributed by atoms with E-state index < -0.39 is 0 Å². The summed E-state index contributed by atoms with van der Waals surface area (Å²) in [6.45, 7) is 3.54. The number of ether oxygens (including phenoxy) is 3. The van der Waals surface area contributed by atoms with Gasteiger partial charge >= 0.3 is 0 Å². The maximum atomic E-state index is 9.95. The molecule has 0 bridgehead atoms. The second kappa shape index (κ2) is 9.05. The van der Waals surface area contributed by atoms with Crippen molar-refractivity contribution in [1.82, 2.24) is 4.98 Å². The zero-order chi connectivity index (χ0) is 20.9. The largest absolute Gasteiger partial charge is 0.493 e. The van der Waals surface area contributed by atoms with Gasteiger partial charge in [0.1, 0.15) is 11.9 Å². The first-order valence-electron chi connectivity index (χ1n) is 10.0. The van der Waals surface area contributed by atoms with Gasteiger partial charge in [0.15, 0.2) is 11.5 Å². The van der Waals surface area contributed by atoms with Gasteiger partial charge in [-0.3, -0.25) is 0 Å². The SMILES string of the molecule is COc1ccccc1Oc1ccc(N2CCC(Oc3ccc(C)cn3)C2)c(CO)c1. The summed E-state index contributed by atoms with van der Waals surface area (Å²) in [6.07, 6.45) is 2.78. The molecule has 0 aliphatic carbocycles. The number of aliphatic hydroxyl groups excluding tert-OH is 1. The highest BCUT2D eigenvalue weighted by molar-refractivity contribution is 5.58. The van der Waals surface area contributed by atoms with Gasteiger partial charge in [0.2, 0.25) is 5.88 Å². The zero-order valence-corrected chi connectivity index (χ0v) is 17.2. The van der Waals surface area contributed by atoms with E-state index in [2.05, 4.69) is 9.88 Å². The molecule has 1 N–H and O–H groups in total. The molecule has 1 aliphatic rings. The van der Waals surface area contributed by atoms with Crippen LogP contribution in [-0.2, 0) is 6.61 Å². The first-order chi connectivity index (χ1) is 14.7. The van der Waals surface area contributed by atoms with Gasteiger partial charge in [-0.05, 0) is 42.8 Å². The fourth-order valence-corrected chi connectivity index (χ4v) is 3.63. The third-order valence-electron chi connectivity index (χ3n) is 5.18. The van der Waals surface area contributed by atoms with Gasteiger partial charge < -0.3 is 24.2 Å². The number of nitrogens with zero attached hydrogens (tertiary/aromatic N) is 2. The predicted octanol–water partition coefficient (Wildman–Crippen LogP) is 4.34. The number of para-hydroxylation sites is 2. The van der Waals surface area contributed by atoms with Crippen LogP contribution in [0.25, 0.3) is 0 Å². The molecule has 3 aromatic rings. The molecular weight excluding hydrogens is 380 g/mol. The molecule has 0 saturated carbocycles. The van der Waals surface area contributed by atoms with Crippen LogP contribution in [0.15, 0.2) is 60.8 Å². The van der Waals surface area contributed by atoms with Crippen LogP contribution in [0.5, 0.6) is 23.1 Å². The monoisotopic (exact) mass is 406 g/mol. The number of rotatable bonds is 7. The summed E-state index contributed by atoms with van der Waals surface area (Å²) in [7, 11) is 1.61. The van der Waals surface area contributed by atoms with E-state index in [1.54, 1.807) is 7.11 Å². The van der Waals surface area contributed by atoms with Gasteiger partial charge in [-0.15, -0.1) is 0 Å². The standard InChI is InChI=1S/C24H26N2O4/c1-17-7-10-24(25-14-17)30-20-11-12-26(15-20)21-9-8-19(13-18(21)16-27)29-23-6-4-3-5-22(23)28-2/h3-10,13-14,20,27H,11-12,15-16H2,1-2H3. The van der Waals surface area contributed by atoms with Crippen molar-refractivity contribution in [1.29, 1.82) is 0 Å². The van der Waals surface area contributed by atoms with Crippen molar-refractivity contribution >= 4 is 5.69 Å². The Balaban J connectivity index is 1.46. The third-order valence-corrected chi connectivity index (χ3v) is 5.18. The summed E-state index contributed by atoms with van der Waals surface area (Å²) in [5.41, 5.74) is 2.92. The van der Waals surface area contributed by atoms with Crippen molar-refractivity contribution in [2.75, 3.05) is 25.1 Å². The van der Waals surface area contributed by atoms with Gasteiger partial charge in [-0.25, -0.2) is 4.98 Å². The van der Waals surface area contributed by atoms with Crippen molar-refractivity contribution in [3.63, 3.8) is 0 Å². The van der Waals surface area contributed by atoms with Gasteiger partial charge in [0.05, 0.1) is 20.3 Å². The van der Waals surface area contributed by atoms with E-state index in [1.807, 2.05) is 67.7 Å². The van der Waals surface area contributed by atoms with Crippen LogP contribution < -0.4 is 19.1 Å². The van der Waals surface area contributed by atoms with E-state index in [0.717, 1.165) is 36.3 Å². The summed E-state index contributed by atoms with van der Waals surface area (Å²) in [6, 6.07) is 17.2. The third kappa shape index (κ3) is 4.49. The molecular formula is C24H26N2O4. The van der Waals surface area contributed by atoms with Crippen molar-refractivity contribution in [2.45, 2.75) is 26.1 Å². The lowest BCUT2D eigenvalue weighted by Crippen LogP contribution is -2.25. The molecule has 156 valence electrons. The van der Waals surface area contributed by atoms with Crippen molar-refractivity contribution in [2.24, 2.45) is 0 Å². The number of anilines is 1. The van der Waals surface area contributed by atoms with Crippen LogP contribution >= 0.6 is 0 Å². The molecule has 1 fully saturated rings. The minimum atomic E-state index is -0.0694. The molecule has 2 aromatic carbocycles. The number of benzene rings is 2. The Morgan fingerprint density at radius 2 is 1.93 bits per heavy atom. The summed E-state index contributed by atoms with van der Waals surface area (Å²) in [5.74, 6) is 2.60. The van der Waals surface area contributed by atoms with E-state index in [1.165, 1.54) is 0 Å². The lowest BCUT2D eigenvalue weighted by molar-refractivity contribution is 0.215. The van der Waals surface area contributed by atoms with Gasteiger partial charge in [-0.2, -0.15) is 0 Å². The molecule has 4 rings (SSSR count). The fourth-order valence-electron chi connectivity index (χ4n) is 3.63. The van der Waals surface area contributed by atoms with Gasteiger partial charge in [0, 0.05) is 36.5 Å². The van der Waals surface area contributed by atoms with Crippen LogP contribution in [0.4, 0.5) is 5.69 Å². The Hall–Kier alpha value is -3.25. The number of aryl methyl sites for hydroxylation is 1. The second-order valence-corrected chi connectivity index (χ2v) is 7.35. The van der Waals surface area contributed by atoms with Crippen LogP contribution in [0.2, 0.25) is 0 Å².